The predicted molar refractivity (Wildman–Crippen MR) is 62.1 cm³/mol. The van der Waals surface area contributed by atoms with Crippen LogP contribution < -0.4 is 0 Å². The van der Waals surface area contributed by atoms with E-state index in [9.17, 15) is 0 Å². The van der Waals surface area contributed by atoms with Crippen LogP contribution in [0, 0.1) is 0 Å². The molecule has 0 fully saturated rings. The third kappa shape index (κ3) is 1.92. The lowest BCUT2D eigenvalue weighted by atomic mass is 10.1. The van der Waals surface area contributed by atoms with Crippen molar-refractivity contribution in [3.05, 3.63) is 40.6 Å². The average Bonchev–Trinajstić information content (AvgIpc) is 2.17. The molecule has 0 saturated heterocycles. The summed E-state index contributed by atoms with van der Waals surface area (Å²) >= 11 is 6.82. The summed E-state index contributed by atoms with van der Waals surface area (Å²) in [4.78, 5) is 4.30. The van der Waals surface area contributed by atoms with Crippen LogP contribution in [-0.4, -0.2) is 4.98 Å². The highest BCUT2D eigenvalue weighted by atomic mass is 79.9. The molecule has 0 N–H and O–H groups in total. The summed E-state index contributed by atoms with van der Waals surface area (Å²) in [7, 11) is 0. The Balaban J connectivity index is 2.66. The van der Waals surface area contributed by atoms with Crippen LogP contribution in [0.1, 0.15) is 5.69 Å². The first-order valence-corrected chi connectivity index (χ1v) is 5.81. The molecule has 1 aromatic heterocycles. The Hall–Kier alpha value is -0.410. The highest BCUT2D eigenvalue weighted by Crippen LogP contribution is 2.20. The molecular weight excluding hydrogens is 294 g/mol. The van der Waals surface area contributed by atoms with Gasteiger partial charge in [0.05, 0.1) is 5.69 Å². The van der Waals surface area contributed by atoms with Gasteiger partial charge in [-0.25, -0.2) is 0 Å². The molecule has 1 aromatic carbocycles. The topological polar surface area (TPSA) is 12.9 Å². The van der Waals surface area contributed by atoms with Crippen LogP contribution in [0.3, 0.4) is 0 Å². The minimum Gasteiger partial charge on any atom is -0.260 e. The summed E-state index contributed by atoms with van der Waals surface area (Å²) in [5, 5.41) is 3.20. The summed E-state index contributed by atoms with van der Waals surface area (Å²) in [6.07, 6.45) is 1.90. The van der Waals surface area contributed by atoms with Crippen LogP contribution in [-0.2, 0) is 5.33 Å². The van der Waals surface area contributed by atoms with E-state index in [-0.39, 0.29) is 0 Å². The number of pyridine rings is 1. The van der Waals surface area contributed by atoms with E-state index in [2.05, 4.69) is 55.0 Å². The van der Waals surface area contributed by atoms with Crippen molar-refractivity contribution in [2.75, 3.05) is 0 Å². The first-order chi connectivity index (χ1) is 6.29. The first-order valence-electron chi connectivity index (χ1n) is 3.90. The van der Waals surface area contributed by atoms with Crippen LogP contribution in [0.25, 0.3) is 10.8 Å². The molecule has 0 spiro atoms. The number of hydrogen-bond acceptors (Lipinski definition) is 1. The van der Waals surface area contributed by atoms with E-state index in [0.717, 1.165) is 15.5 Å². The largest absolute Gasteiger partial charge is 0.260 e. The average molecular weight is 301 g/mol. The second-order valence-corrected chi connectivity index (χ2v) is 4.28. The van der Waals surface area contributed by atoms with Gasteiger partial charge < -0.3 is 0 Å². The van der Waals surface area contributed by atoms with Crippen LogP contribution in [0.15, 0.2) is 34.9 Å². The fraction of sp³-hybridized carbons (Fsp3) is 0.100. The lowest BCUT2D eigenvalue weighted by Gasteiger charge is -1.99. The van der Waals surface area contributed by atoms with Crippen molar-refractivity contribution in [3.63, 3.8) is 0 Å². The summed E-state index contributed by atoms with van der Waals surface area (Å²) in [5.74, 6) is 0. The summed E-state index contributed by atoms with van der Waals surface area (Å²) in [5.41, 5.74) is 1.06. The highest BCUT2D eigenvalue weighted by molar-refractivity contribution is 9.10. The number of rotatable bonds is 1. The molecule has 1 heterocycles. The van der Waals surface area contributed by atoms with Gasteiger partial charge in [0.2, 0.25) is 0 Å². The molecule has 0 aliphatic rings. The zero-order valence-corrected chi connectivity index (χ0v) is 9.97. The highest BCUT2D eigenvalue weighted by Gasteiger charge is 1.96. The van der Waals surface area contributed by atoms with Gasteiger partial charge in [0.25, 0.3) is 0 Å². The number of fused-ring (bicyclic) bond motifs is 1. The Morgan fingerprint density at radius 2 is 2.00 bits per heavy atom. The molecule has 3 heteroatoms. The van der Waals surface area contributed by atoms with Gasteiger partial charge in [-0.05, 0) is 23.6 Å². The van der Waals surface area contributed by atoms with Crippen molar-refractivity contribution in [2.45, 2.75) is 5.33 Å². The minimum atomic E-state index is 0.805. The molecule has 0 atom stereocenters. The normalized spacial score (nSPS) is 10.6. The number of hydrogen-bond donors (Lipinski definition) is 0. The third-order valence-electron chi connectivity index (χ3n) is 1.88. The van der Waals surface area contributed by atoms with E-state index >= 15 is 0 Å². The molecular formula is C10H7Br2N. The molecule has 0 amide bonds. The van der Waals surface area contributed by atoms with E-state index in [1.54, 1.807) is 0 Å². The van der Waals surface area contributed by atoms with Crippen molar-refractivity contribution in [1.29, 1.82) is 0 Å². The Morgan fingerprint density at radius 1 is 1.15 bits per heavy atom. The summed E-state index contributed by atoms with van der Waals surface area (Å²) in [6.45, 7) is 0. The Labute approximate surface area is 93.4 Å². The fourth-order valence-electron chi connectivity index (χ4n) is 1.23. The molecule has 0 unspecified atom stereocenters. The second kappa shape index (κ2) is 3.76. The monoisotopic (exact) mass is 299 g/mol. The molecule has 0 aliphatic heterocycles. The van der Waals surface area contributed by atoms with Crippen molar-refractivity contribution < 1.29 is 0 Å². The second-order valence-electron chi connectivity index (χ2n) is 2.80. The lowest BCUT2D eigenvalue weighted by molar-refractivity contribution is 1.21. The number of halogens is 2. The fourth-order valence-corrected chi connectivity index (χ4v) is 1.92. The van der Waals surface area contributed by atoms with Crippen molar-refractivity contribution >= 4 is 42.6 Å². The molecule has 0 radical (unpaired) electrons. The van der Waals surface area contributed by atoms with E-state index in [0.29, 0.717) is 0 Å². The van der Waals surface area contributed by atoms with Crippen molar-refractivity contribution in [2.24, 2.45) is 0 Å². The smallest absolute Gasteiger partial charge is 0.0515 e. The van der Waals surface area contributed by atoms with Crippen LogP contribution >= 0.6 is 31.9 Å². The molecule has 2 aromatic rings. The number of benzene rings is 1. The summed E-state index contributed by atoms with van der Waals surface area (Å²) in [6, 6.07) is 8.30. The van der Waals surface area contributed by atoms with E-state index in [4.69, 9.17) is 0 Å². The van der Waals surface area contributed by atoms with E-state index in [1.807, 2.05) is 12.3 Å². The number of nitrogens with zero attached hydrogens (tertiary/aromatic N) is 1. The van der Waals surface area contributed by atoms with Gasteiger partial charge in [0.15, 0.2) is 0 Å². The quantitative estimate of drug-likeness (QED) is 0.728. The third-order valence-corrected chi connectivity index (χ3v) is 2.95. The Kier molecular flexibility index (Phi) is 2.65. The van der Waals surface area contributed by atoms with Gasteiger partial charge in [-0.2, -0.15) is 0 Å². The van der Waals surface area contributed by atoms with Crippen molar-refractivity contribution in [1.82, 2.24) is 4.98 Å². The van der Waals surface area contributed by atoms with Gasteiger partial charge >= 0.3 is 0 Å². The van der Waals surface area contributed by atoms with Gasteiger partial charge in [-0.3, -0.25) is 4.98 Å². The number of alkyl halides is 1. The van der Waals surface area contributed by atoms with Gasteiger partial charge in [0.1, 0.15) is 0 Å². The van der Waals surface area contributed by atoms with Gasteiger partial charge in [-0.15, -0.1) is 0 Å². The zero-order chi connectivity index (χ0) is 9.26. The zero-order valence-electron chi connectivity index (χ0n) is 6.80. The lowest BCUT2D eigenvalue weighted by Crippen LogP contribution is -1.84. The molecule has 1 nitrogen and oxygen atoms in total. The van der Waals surface area contributed by atoms with E-state index < -0.39 is 0 Å². The maximum atomic E-state index is 4.30. The van der Waals surface area contributed by atoms with Crippen LogP contribution in [0.2, 0.25) is 0 Å². The predicted octanol–water partition coefficient (Wildman–Crippen LogP) is 3.89. The summed E-state index contributed by atoms with van der Waals surface area (Å²) < 4.78 is 1.09. The molecule has 0 aliphatic carbocycles. The molecule has 13 heavy (non-hydrogen) atoms. The SMILES string of the molecule is BrCc1cc2ccc(Br)cc2cn1. The molecule has 0 bridgehead atoms. The maximum absolute atomic E-state index is 4.30. The molecule has 0 saturated carbocycles. The standard InChI is InChI=1S/C10H7Br2N/c11-5-10-4-7-1-2-9(12)3-8(7)6-13-10/h1-4,6H,5H2. The first kappa shape index (κ1) is 9.16. The van der Waals surface area contributed by atoms with Gasteiger partial charge in [0, 0.05) is 21.4 Å². The van der Waals surface area contributed by atoms with Crippen LogP contribution in [0.5, 0.6) is 0 Å². The Morgan fingerprint density at radius 3 is 2.77 bits per heavy atom. The Bertz CT molecular complexity index is 440. The van der Waals surface area contributed by atoms with Gasteiger partial charge in [-0.1, -0.05) is 37.9 Å². The molecule has 2 rings (SSSR count). The van der Waals surface area contributed by atoms with Crippen LogP contribution in [0.4, 0.5) is 0 Å². The number of aromatic nitrogens is 1. The minimum absolute atomic E-state index is 0.805. The maximum Gasteiger partial charge on any atom is 0.0515 e. The van der Waals surface area contributed by atoms with Crippen molar-refractivity contribution in [3.8, 4) is 0 Å². The molecule has 66 valence electrons. The van der Waals surface area contributed by atoms with E-state index in [1.165, 1.54) is 10.8 Å².